The fraction of sp³-hybridized carbons (Fsp3) is 0.857. The van der Waals surface area contributed by atoms with Crippen molar-refractivity contribution in [3.05, 3.63) is 12.2 Å². The molecule has 0 spiro atoms. The third-order valence-corrected chi connectivity index (χ3v) is 4.23. The highest BCUT2D eigenvalue weighted by Crippen LogP contribution is 2.31. The molecular weight excluding hydrogens is 238 g/mol. The largest absolute Gasteiger partial charge is 0.310 e. The zero-order valence-corrected chi connectivity index (χ0v) is 11.9. The quantitative estimate of drug-likeness (QED) is 0.804. The standard InChI is InChI=1S/C14H25N5/c1-2-6-19-14(16-11-17-19)9-15-8-12-5-7-18(10-12)13-3-4-13/h11-13,15H,2-10H2,1H3. The lowest BCUT2D eigenvalue weighted by molar-refractivity contribution is 0.311. The van der Waals surface area contributed by atoms with Crippen LogP contribution in [0, 0.1) is 5.92 Å². The zero-order valence-electron chi connectivity index (χ0n) is 11.9. The summed E-state index contributed by atoms with van der Waals surface area (Å²) in [5.74, 6) is 1.89. The average Bonchev–Trinajstić information content (AvgIpc) is 3.00. The van der Waals surface area contributed by atoms with E-state index >= 15 is 0 Å². The van der Waals surface area contributed by atoms with Crippen LogP contribution in [-0.4, -0.2) is 45.3 Å². The maximum atomic E-state index is 4.33. The lowest BCUT2D eigenvalue weighted by atomic mass is 10.1. The second kappa shape index (κ2) is 6.01. The fourth-order valence-corrected chi connectivity index (χ4v) is 3.01. The number of likely N-dealkylation sites (tertiary alicyclic amines) is 1. The molecule has 1 aromatic heterocycles. The van der Waals surface area contributed by atoms with E-state index in [1.807, 2.05) is 4.68 Å². The molecule has 1 unspecified atom stereocenters. The summed E-state index contributed by atoms with van der Waals surface area (Å²) < 4.78 is 2.01. The van der Waals surface area contributed by atoms with E-state index in [0.29, 0.717) is 0 Å². The first-order valence-corrected chi connectivity index (χ1v) is 7.68. The average molecular weight is 263 g/mol. The lowest BCUT2D eigenvalue weighted by Gasteiger charge is -2.15. The van der Waals surface area contributed by atoms with Crippen LogP contribution < -0.4 is 5.32 Å². The van der Waals surface area contributed by atoms with Crippen LogP contribution in [0.2, 0.25) is 0 Å². The van der Waals surface area contributed by atoms with E-state index < -0.39 is 0 Å². The smallest absolute Gasteiger partial charge is 0.140 e. The minimum Gasteiger partial charge on any atom is -0.310 e. The van der Waals surface area contributed by atoms with Crippen molar-refractivity contribution in [2.45, 2.75) is 51.7 Å². The van der Waals surface area contributed by atoms with Crippen LogP contribution in [0.4, 0.5) is 0 Å². The van der Waals surface area contributed by atoms with Gasteiger partial charge in [-0.2, -0.15) is 5.10 Å². The van der Waals surface area contributed by atoms with E-state index in [1.54, 1.807) is 6.33 Å². The molecule has 0 bridgehead atoms. The molecule has 106 valence electrons. The van der Waals surface area contributed by atoms with E-state index in [0.717, 1.165) is 43.8 Å². The number of hydrogen-bond acceptors (Lipinski definition) is 4. The maximum absolute atomic E-state index is 4.33. The molecule has 1 atom stereocenters. The number of nitrogens with one attached hydrogen (secondary N) is 1. The maximum Gasteiger partial charge on any atom is 0.140 e. The highest BCUT2D eigenvalue weighted by molar-refractivity contribution is 4.90. The number of aromatic nitrogens is 3. The van der Waals surface area contributed by atoms with Gasteiger partial charge in [0, 0.05) is 19.1 Å². The molecule has 2 aliphatic rings. The van der Waals surface area contributed by atoms with Gasteiger partial charge in [0.25, 0.3) is 0 Å². The van der Waals surface area contributed by atoms with Gasteiger partial charge < -0.3 is 10.2 Å². The van der Waals surface area contributed by atoms with Crippen LogP contribution in [0.1, 0.15) is 38.4 Å². The van der Waals surface area contributed by atoms with Crippen molar-refractivity contribution < 1.29 is 0 Å². The van der Waals surface area contributed by atoms with Gasteiger partial charge >= 0.3 is 0 Å². The monoisotopic (exact) mass is 263 g/mol. The van der Waals surface area contributed by atoms with Crippen molar-refractivity contribution in [1.82, 2.24) is 25.0 Å². The summed E-state index contributed by atoms with van der Waals surface area (Å²) in [6, 6.07) is 0.928. The van der Waals surface area contributed by atoms with E-state index in [-0.39, 0.29) is 0 Å². The Labute approximate surface area is 115 Å². The molecule has 2 fully saturated rings. The molecule has 5 heteroatoms. The fourth-order valence-electron chi connectivity index (χ4n) is 3.01. The summed E-state index contributed by atoms with van der Waals surface area (Å²) in [6.07, 6.45) is 6.98. The minimum absolute atomic E-state index is 0.822. The van der Waals surface area contributed by atoms with Gasteiger partial charge in [-0.25, -0.2) is 9.67 Å². The topological polar surface area (TPSA) is 46.0 Å². The normalized spacial score (nSPS) is 24.2. The predicted octanol–water partition coefficient (Wildman–Crippen LogP) is 1.26. The van der Waals surface area contributed by atoms with Crippen LogP contribution in [0.3, 0.4) is 0 Å². The number of rotatable bonds is 7. The van der Waals surface area contributed by atoms with Gasteiger partial charge in [0.2, 0.25) is 0 Å². The highest BCUT2D eigenvalue weighted by Gasteiger charge is 2.33. The zero-order chi connectivity index (χ0) is 13.1. The van der Waals surface area contributed by atoms with Crippen molar-refractivity contribution in [2.75, 3.05) is 19.6 Å². The van der Waals surface area contributed by atoms with E-state index in [4.69, 9.17) is 0 Å². The summed E-state index contributed by atoms with van der Waals surface area (Å²) in [5.41, 5.74) is 0. The summed E-state index contributed by atoms with van der Waals surface area (Å²) in [6.45, 7) is 7.70. The van der Waals surface area contributed by atoms with E-state index in [2.05, 4.69) is 27.2 Å². The van der Waals surface area contributed by atoms with Gasteiger partial charge in [0.05, 0.1) is 6.54 Å². The first kappa shape index (κ1) is 13.1. The van der Waals surface area contributed by atoms with Gasteiger partial charge in [0.15, 0.2) is 0 Å². The summed E-state index contributed by atoms with van der Waals surface area (Å²) in [7, 11) is 0. The second-order valence-electron chi connectivity index (χ2n) is 5.91. The van der Waals surface area contributed by atoms with Gasteiger partial charge in [-0.3, -0.25) is 0 Å². The summed E-state index contributed by atoms with van der Waals surface area (Å²) in [4.78, 5) is 7.00. The molecule has 0 aromatic carbocycles. The molecule has 1 aromatic rings. The Bertz CT molecular complexity index is 398. The van der Waals surface area contributed by atoms with Gasteiger partial charge in [-0.15, -0.1) is 0 Å². The Hall–Kier alpha value is -0.940. The number of hydrogen-bond donors (Lipinski definition) is 1. The van der Waals surface area contributed by atoms with E-state index in [1.165, 1.54) is 32.4 Å². The minimum atomic E-state index is 0.822. The first-order valence-electron chi connectivity index (χ1n) is 7.68. The van der Waals surface area contributed by atoms with Crippen molar-refractivity contribution in [3.8, 4) is 0 Å². The predicted molar refractivity (Wildman–Crippen MR) is 74.7 cm³/mol. The Morgan fingerprint density at radius 3 is 3.05 bits per heavy atom. The van der Waals surface area contributed by atoms with Crippen molar-refractivity contribution >= 4 is 0 Å². The number of nitrogens with zero attached hydrogens (tertiary/aromatic N) is 4. The van der Waals surface area contributed by atoms with Gasteiger partial charge in [-0.05, 0) is 44.7 Å². The molecule has 5 nitrogen and oxygen atoms in total. The molecule has 19 heavy (non-hydrogen) atoms. The molecule has 2 heterocycles. The molecule has 1 aliphatic carbocycles. The van der Waals surface area contributed by atoms with Crippen LogP contribution in [0.25, 0.3) is 0 Å². The SMILES string of the molecule is CCCn1ncnc1CNCC1CCN(C2CC2)C1. The summed E-state index contributed by atoms with van der Waals surface area (Å²) >= 11 is 0. The Morgan fingerprint density at radius 2 is 2.26 bits per heavy atom. The van der Waals surface area contributed by atoms with Crippen LogP contribution in [0.5, 0.6) is 0 Å². The van der Waals surface area contributed by atoms with Crippen molar-refractivity contribution in [2.24, 2.45) is 5.92 Å². The van der Waals surface area contributed by atoms with E-state index in [9.17, 15) is 0 Å². The molecular formula is C14H25N5. The van der Waals surface area contributed by atoms with Crippen LogP contribution >= 0.6 is 0 Å². The highest BCUT2D eigenvalue weighted by atomic mass is 15.3. The Morgan fingerprint density at radius 1 is 1.37 bits per heavy atom. The van der Waals surface area contributed by atoms with Gasteiger partial charge in [0.1, 0.15) is 12.2 Å². The molecule has 1 saturated carbocycles. The van der Waals surface area contributed by atoms with Gasteiger partial charge in [-0.1, -0.05) is 6.92 Å². The molecule has 0 amide bonds. The molecule has 3 rings (SSSR count). The number of aryl methyl sites for hydroxylation is 1. The first-order chi connectivity index (χ1) is 9.36. The van der Waals surface area contributed by atoms with Crippen molar-refractivity contribution in [3.63, 3.8) is 0 Å². The summed E-state index contributed by atoms with van der Waals surface area (Å²) in [5, 5.41) is 7.82. The van der Waals surface area contributed by atoms with Crippen LogP contribution in [0.15, 0.2) is 6.33 Å². The molecule has 1 N–H and O–H groups in total. The Balaban J connectivity index is 1.39. The third-order valence-electron chi connectivity index (χ3n) is 4.23. The lowest BCUT2D eigenvalue weighted by Crippen LogP contribution is -2.28. The third kappa shape index (κ3) is 3.34. The molecule has 1 aliphatic heterocycles. The Kier molecular flexibility index (Phi) is 4.13. The molecule has 0 radical (unpaired) electrons. The van der Waals surface area contributed by atoms with Crippen molar-refractivity contribution in [1.29, 1.82) is 0 Å². The second-order valence-corrected chi connectivity index (χ2v) is 5.91. The van der Waals surface area contributed by atoms with Crippen LogP contribution in [-0.2, 0) is 13.1 Å². The molecule has 1 saturated heterocycles.